The summed E-state index contributed by atoms with van der Waals surface area (Å²) in [7, 11) is 0. The molecule has 4 nitrogen and oxygen atoms in total. The summed E-state index contributed by atoms with van der Waals surface area (Å²) in [5, 5.41) is 3.02. The topological polar surface area (TPSA) is 51.1 Å². The predicted octanol–water partition coefficient (Wildman–Crippen LogP) is 3.01. The molecule has 1 aromatic carbocycles. The van der Waals surface area contributed by atoms with Crippen LogP contribution in [0.25, 0.3) is 0 Å². The van der Waals surface area contributed by atoms with Crippen LogP contribution in [0.4, 0.5) is 4.39 Å². The summed E-state index contributed by atoms with van der Waals surface area (Å²) < 4.78 is 14.8. The molecule has 0 unspecified atom stereocenters. The van der Waals surface area contributed by atoms with Crippen molar-refractivity contribution < 1.29 is 9.18 Å². The Morgan fingerprint density at radius 3 is 2.52 bits per heavy atom. The number of aryl methyl sites for hydroxylation is 1. The first-order valence-corrected chi connectivity index (χ1v) is 8.82. The summed E-state index contributed by atoms with van der Waals surface area (Å²) in [4.78, 5) is 24.3. The first-order valence-electron chi connectivity index (χ1n) is 8.82. The summed E-state index contributed by atoms with van der Waals surface area (Å²) in [6.07, 6.45) is 6.05. The van der Waals surface area contributed by atoms with Gasteiger partial charge in [0.25, 0.3) is 0 Å². The molecule has 0 spiro atoms. The zero-order valence-corrected chi connectivity index (χ0v) is 14.2. The Morgan fingerprint density at radius 2 is 1.88 bits per heavy atom. The summed E-state index contributed by atoms with van der Waals surface area (Å²) in [5.74, 6) is -0.253. The molecule has 132 valence electrons. The van der Waals surface area contributed by atoms with Crippen LogP contribution in [0.2, 0.25) is 0 Å². The van der Waals surface area contributed by atoms with Crippen molar-refractivity contribution in [3.05, 3.63) is 70.4 Å². The molecule has 1 aromatic heterocycles. The number of aromatic nitrogens is 1. The quantitative estimate of drug-likeness (QED) is 0.787. The number of rotatable bonds is 7. The second-order valence-electron chi connectivity index (χ2n) is 6.64. The predicted molar refractivity (Wildman–Crippen MR) is 94.9 cm³/mol. The molecule has 0 bridgehead atoms. The number of hydrogen-bond acceptors (Lipinski definition) is 2. The van der Waals surface area contributed by atoms with Crippen LogP contribution < -0.4 is 10.9 Å². The zero-order valence-electron chi connectivity index (χ0n) is 14.2. The van der Waals surface area contributed by atoms with Crippen LogP contribution in [0.1, 0.15) is 37.7 Å². The van der Waals surface area contributed by atoms with Crippen LogP contribution in [0.15, 0.2) is 53.5 Å². The Hall–Kier alpha value is -2.43. The van der Waals surface area contributed by atoms with E-state index >= 15 is 0 Å². The smallest absolute Gasteiger partial charge is 0.250 e. The fourth-order valence-corrected chi connectivity index (χ4v) is 3.37. The van der Waals surface area contributed by atoms with Crippen molar-refractivity contribution in [1.82, 2.24) is 9.88 Å². The van der Waals surface area contributed by atoms with Crippen molar-refractivity contribution in [3.8, 4) is 0 Å². The lowest BCUT2D eigenvalue weighted by molar-refractivity contribution is -0.129. The molecule has 1 amide bonds. The van der Waals surface area contributed by atoms with Crippen molar-refractivity contribution in [2.75, 3.05) is 6.54 Å². The van der Waals surface area contributed by atoms with Gasteiger partial charge in [0.1, 0.15) is 5.82 Å². The minimum atomic E-state index is -0.496. The summed E-state index contributed by atoms with van der Waals surface area (Å²) >= 11 is 0. The van der Waals surface area contributed by atoms with Crippen LogP contribution >= 0.6 is 0 Å². The van der Waals surface area contributed by atoms with Crippen molar-refractivity contribution in [2.24, 2.45) is 0 Å². The molecular formula is C20H23FN2O2. The van der Waals surface area contributed by atoms with Gasteiger partial charge >= 0.3 is 0 Å². The van der Waals surface area contributed by atoms with Gasteiger partial charge in [0.05, 0.1) is 5.41 Å². The molecule has 1 aliphatic rings. The highest BCUT2D eigenvalue weighted by Gasteiger charge is 2.45. The lowest BCUT2D eigenvalue weighted by Crippen LogP contribution is -2.49. The van der Waals surface area contributed by atoms with Crippen molar-refractivity contribution in [3.63, 3.8) is 0 Å². The standard InChI is InChI=1S/C20H23FN2O2/c21-17-9-7-16(8-10-17)20(11-5-12-20)19(25)22-13-2-4-15-23-14-3-1-6-18(23)24/h1,3,6-10,14H,2,4-5,11-13,15H2,(H,22,25). The van der Waals surface area contributed by atoms with Gasteiger partial charge in [-0.1, -0.05) is 24.6 Å². The maximum atomic E-state index is 13.1. The third kappa shape index (κ3) is 3.81. The fraction of sp³-hybridized carbons (Fsp3) is 0.400. The lowest BCUT2D eigenvalue weighted by atomic mass is 9.64. The molecular weight excluding hydrogens is 319 g/mol. The maximum absolute atomic E-state index is 13.1. The number of carbonyl (C=O) groups excluding carboxylic acids is 1. The number of hydrogen-bond donors (Lipinski definition) is 1. The number of amides is 1. The van der Waals surface area contributed by atoms with Gasteiger partial charge in [-0.25, -0.2) is 4.39 Å². The Labute approximate surface area is 146 Å². The van der Waals surface area contributed by atoms with E-state index in [0.29, 0.717) is 13.1 Å². The molecule has 0 saturated heterocycles. The van der Waals surface area contributed by atoms with Crippen LogP contribution in [0.3, 0.4) is 0 Å². The highest BCUT2D eigenvalue weighted by atomic mass is 19.1. The first-order chi connectivity index (χ1) is 12.1. The Kier molecular flexibility index (Phi) is 5.31. The van der Waals surface area contributed by atoms with E-state index in [1.54, 1.807) is 35.0 Å². The molecule has 1 saturated carbocycles. The molecule has 0 aliphatic heterocycles. The van der Waals surface area contributed by atoms with Gasteiger partial charge in [0, 0.05) is 25.4 Å². The van der Waals surface area contributed by atoms with Crippen LogP contribution in [0.5, 0.6) is 0 Å². The fourth-order valence-electron chi connectivity index (χ4n) is 3.37. The lowest BCUT2D eigenvalue weighted by Gasteiger charge is -2.40. The average molecular weight is 342 g/mol. The van der Waals surface area contributed by atoms with Crippen molar-refractivity contribution in [2.45, 2.75) is 44.1 Å². The molecule has 1 aliphatic carbocycles. The molecule has 25 heavy (non-hydrogen) atoms. The van der Waals surface area contributed by atoms with Gasteiger partial charge in [-0.05, 0) is 49.4 Å². The van der Waals surface area contributed by atoms with Gasteiger partial charge in [-0.2, -0.15) is 0 Å². The van der Waals surface area contributed by atoms with E-state index in [9.17, 15) is 14.0 Å². The third-order valence-corrected chi connectivity index (χ3v) is 5.05. The molecule has 0 atom stereocenters. The number of benzene rings is 1. The van der Waals surface area contributed by atoms with E-state index in [1.165, 1.54) is 12.1 Å². The highest BCUT2D eigenvalue weighted by Crippen LogP contribution is 2.43. The Bertz CT molecular complexity index is 779. The monoisotopic (exact) mass is 342 g/mol. The minimum Gasteiger partial charge on any atom is -0.355 e. The molecule has 1 fully saturated rings. The second-order valence-corrected chi connectivity index (χ2v) is 6.64. The highest BCUT2D eigenvalue weighted by molar-refractivity contribution is 5.89. The van der Waals surface area contributed by atoms with Gasteiger partial charge in [0.15, 0.2) is 0 Å². The van der Waals surface area contributed by atoms with Crippen molar-refractivity contribution >= 4 is 5.91 Å². The molecule has 3 rings (SSSR count). The Morgan fingerprint density at radius 1 is 1.12 bits per heavy atom. The van der Waals surface area contributed by atoms with Crippen molar-refractivity contribution in [1.29, 1.82) is 0 Å². The number of unbranched alkanes of at least 4 members (excludes halogenated alkanes) is 1. The first kappa shape index (κ1) is 17.4. The summed E-state index contributed by atoms with van der Waals surface area (Å²) in [6.45, 7) is 1.24. The third-order valence-electron chi connectivity index (χ3n) is 5.05. The van der Waals surface area contributed by atoms with Gasteiger partial charge in [0.2, 0.25) is 11.5 Å². The molecule has 1 N–H and O–H groups in total. The average Bonchev–Trinajstić information content (AvgIpc) is 2.57. The van der Waals surface area contributed by atoms with Gasteiger partial charge in [-0.15, -0.1) is 0 Å². The van der Waals surface area contributed by atoms with E-state index in [0.717, 1.165) is 37.7 Å². The largest absolute Gasteiger partial charge is 0.355 e. The summed E-state index contributed by atoms with van der Waals surface area (Å²) in [5.41, 5.74) is 0.397. The minimum absolute atomic E-state index is 0.00346. The van der Waals surface area contributed by atoms with E-state index in [1.807, 2.05) is 6.07 Å². The molecule has 1 heterocycles. The summed E-state index contributed by atoms with van der Waals surface area (Å²) in [6, 6.07) is 11.4. The van der Waals surface area contributed by atoms with E-state index in [4.69, 9.17) is 0 Å². The van der Waals surface area contributed by atoms with Crippen LogP contribution in [-0.4, -0.2) is 17.0 Å². The van der Waals surface area contributed by atoms with Gasteiger partial charge in [-0.3, -0.25) is 9.59 Å². The number of nitrogens with zero attached hydrogens (tertiary/aromatic N) is 1. The maximum Gasteiger partial charge on any atom is 0.250 e. The number of pyridine rings is 1. The zero-order chi connectivity index (χ0) is 17.7. The Balaban J connectivity index is 1.49. The number of nitrogens with one attached hydrogen (secondary N) is 1. The van der Waals surface area contributed by atoms with E-state index in [2.05, 4.69) is 5.32 Å². The second kappa shape index (κ2) is 7.64. The van der Waals surface area contributed by atoms with Gasteiger partial charge < -0.3 is 9.88 Å². The molecule has 2 aromatic rings. The molecule has 0 radical (unpaired) electrons. The molecule has 5 heteroatoms. The van der Waals surface area contributed by atoms with Crippen LogP contribution in [-0.2, 0) is 16.8 Å². The van der Waals surface area contributed by atoms with E-state index in [-0.39, 0.29) is 17.3 Å². The van der Waals surface area contributed by atoms with Crippen LogP contribution in [0, 0.1) is 5.82 Å². The number of carbonyl (C=O) groups is 1. The SMILES string of the molecule is O=C(NCCCCn1ccccc1=O)C1(c2ccc(F)cc2)CCC1. The van der Waals surface area contributed by atoms with E-state index < -0.39 is 5.41 Å². The normalized spacial score (nSPS) is 15.4. The number of halogens is 1.